The molecule has 9 heavy (non-hydrogen) atoms. The van der Waals surface area contributed by atoms with Crippen LogP contribution in [0.2, 0.25) is 0 Å². The summed E-state index contributed by atoms with van der Waals surface area (Å²) < 4.78 is 5.14. The standard InChI is InChI=1S/C6H13NO.H2S/c1-7-4-3-6(5-7)8-2;/h6H,3-5H2,1-2H3;1H2/t6-;/m0./s1. The van der Waals surface area contributed by atoms with Gasteiger partial charge < -0.3 is 9.64 Å². The predicted molar refractivity (Wildman–Crippen MR) is 43.3 cm³/mol. The highest BCUT2D eigenvalue weighted by Gasteiger charge is 2.17. The van der Waals surface area contributed by atoms with Crippen LogP contribution in [0.3, 0.4) is 0 Å². The Hall–Kier alpha value is 0.270. The molecule has 0 bridgehead atoms. The number of methoxy groups -OCH3 is 1. The van der Waals surface area contributed by atoms with E-state index < -0.39 is 0 Å². The van der Waals surface area contributed by atoms with Crippen molar-refractivity contribution >= 4 is 13.5 Å². The molecular weight excluding hydrogens is 134 g/mol. The van der Waals surface area contributed by atoms with E-state index in [0.717, 1.165) is 6.54 Å². The molecule has 0 saturated carbocycles. The summed E-state index contributed by atoms with van der Waals surface area (Å²) >= 11 is 0. The van der Waals surface area contributed by atoms with Crippen LogP contribution in [0, 0.1) is 0 Å². The average molecular weight is 149 g/mol. The van der Waals surface area contributed by atoms with E-state index in [1.165, 1.54) is 13.0 Å². The molecule has 0 aliphatic carbocycles. The summed E-state index contributed by atoms with van der Waals surface area (Å²) in [4.78, 5) is 2.29. The van der Waals surface area contributed by atoms with Gasteiger partial charge in [0.2, 0.25) is 0 Å². The molecule has 1 atom stereocenters. The highest BCUT2D eigenvalue weighted by Crippen LogP contribution is 2.07. The molecule has 0 aromatic heterocycles. The second-order valence-corrected chi connectivity index (χ2v) is 2.41. The van der Waals surface area contributed by atoms with Gasteiger partial charge in [-0.25, -0.2) is 0 Å². The topological polar surface area (TPSA) is 12.5 Å². The molecule has 1 saturated heterocycles. The minimum Gasteiger partial charge on any atom is -0.380 e. The second kappa shape index (κ2) is 4.14. The fraction of sp³-hybridized carbons (Fsp3) is 1.00. The van der Waals surface area contributed by atoms with Gasteiger partial charge in [0, 0.05) is 20.2 Å². The normalized spacial score (nSPS) is 28.0. The third-order valence-corrected chi connectivity index (χ3v) is 1.68. The van der Waals surface area contributed by atoms with E-state index in [-0.39, 0.29) is 13.5 Å². The Morgan fingerprint density at radius 1 is 1.56 bits per heavy atom. The Kier molecular flexibility index (Phi) is 4.27. The summed E-state index contributed by atoms with van der Waals surface area (Å²) in [7, 11) is 3.91. The highest BCUT2D eigenvalue weighted by atomic mass is 32.1. The SMILES string of the molecule is CO[C@H]1CCN(C)C1.S. The average Bonchev–Trinajstić information content (AvgIpc) is 2.14. The quantitative estimate of drug-likeness (QED) is 0.537. The Morgan fingerprint density at radius 2 is 2.22 bits per heavy atom. The maximum absolute atomic E-state index is 5.14. The van der Waals surface area contributed by atoms with E-state index in [4.69, 9.17) is 4.74 Å². The summed E-state index contributed by atoms with van der Waals surface area (Å²) in [6.07, 6.45) is 1.70. The first-order valence-corrected chi connectivity index (χ1v) is 3.04. The summed E-state index contributed by atoms with van der Waals surface area (Å²) in [6.45, 7) is 2.30. The van der Waals surface area contributed by atoms with Crippen molar-refractivity contribution in [3.63, 3.8) is 0 Å². The maximum Gasteiger partial charge on any atom is 0.0710 e. The molecule has 1 rings (SSSR count). The maximum atomic E-state index is 5.14. The van der Waals surface area contributed by atoms with Crippen molar-refractivity contribution in [2.75, 3.05) is 27.2 Å². The van der Waals surface area contributed by atoms with Gasteiger partial charge in [0.15, 0.2) is 0 Å². The molecule has 0 N–H and O–H groups in total. The minimum absolute atomic E-state index is 0. The van der Waals surface area contributed by atoms with Crippen LogP contribution in [0.15, 0.2) is 0 Å². The number of likely N-dealkylation sites (N-methyl/N-ethyl adjacent to an activating group) is 1. The lowest BCUT2D eigenvalue weighted by Gasteiger charge is -2.06. The second-order valence-electron chi connectivity index (χ2n) is 2.41. The molecule has 1 heterocycles. The number of hydrogen-bond donors (Lipinski definition) is 0. The first-order valence-electron chi connectivity index (χ1n) is 3.04. The number of likely N-dealkylation sites (tertiary alicyclic amines) is 1. The van der Waals surface area contributed by atoms with Crippen molar-refractivity contribution in [2.24, 2.45) is 0 Å². The van der Waals surface area contributed by atoms with Crippen molar-refractivity contribution < 1.29 is 4.74 Å². The predicted octanol–water partition coefficient (Wildman–Crippen LogP) is 0.450. The lowest BCUT2D eigenvalue weighted by Crippen LogP contribution is -2.17. The fourth-order valence-corrected chi connectivity index (χ4v) is 1.09. The lowest BCUT2D eigenvalue weighted by atomic mass is 10.3. The third-order valence-electron chi connectivity index (χ3n) is 1.68. The fourth-order valence-electron chi connectivity index (χ4n) is 1.09. The smallest absolute Gasteiger partial charge is 0.0710 e. The summed E-state index contributed by atoms with van der Waals surface area (Å²) in [6, 6.07) is 0. The Bertz CT molecular complexity index is 79.5. The van der Waals surface area contributed by atoms with Crippen LogP contribution >= 0.6 is 13.5 Å². The highest BCUT2D eigenvalue weighted by molar-refractivity contribution is 7.59. The van der Waals surface area contributed by atoms with Crippen LogP contribution in [-0.2, 0) is 4.74 Å². The third kappa shape index (κ3) is 2.56. The van der Waals surface area contributed by atoms with E-state index in [1.54, 1.807) is 7.11 Å². The Balaban J connectivity index is 0.000000640. The van der Waals surface area contributed by atoms with Gasteiger partial charge in [0.1, 0.15) is 0 Å². The zero-order valence-electron chi connectivity index (χ0n) is 6.05. The molecule has 3 heteroatoms. The van der Waals surface area contributed by atoms with Gasteiger partial charge >= 0.3 is 0 Å². The van der Waals surface area contributed by atoms with Gasteiger partial charge in [-0.3, -0.25) is 0 Å². The Labute approximate surface area is 63.6 Å². The van der Waals surface area contributed by atoms with Crippen molar-refractivity contribution in [1.29, 1.82) is 0 Å². The zero-order valence-corrected chi connectivity index (χ0v) is 7.05. The largest absolute Gasteiger partial charge is 0.380 e. The molecule has 1 aliphatic heterocycles. The number of hydrogen-bond acceptors (Lipinski definition) is 2. The van der Waals surface area contributed by atoms with Gasteiger partial charge in [-0.05, 0) is 13.5 Å². The van der Waals surface area contributed by atoms with E-state index >= 15 is 0 Å². The van der Waals surface area contributed by atoms with E-state index in [9.17, 15) is 0 Å². The van der Waals surface area contributed by atoms with Crippen molar-refractivity contribution in [2.45, 2.75) is 12.5 Å². The molecule has 0 aromatic carbocycles. The molecule has 0 unspecified atom stereocenters. The Morgan fingerprint density at radius 3 is 2.44 bits per heavy atom. The number of ether oxygens (including phenoxy) is 1. The molecule has 1 aliphatic rings. The molecular formula is C6H15NOS. The lowest BCUT2D eigenvalue weighted by molar-refractivity contribution is 0.111. The van der Waals surface area contributed by atoms with E-state index in [1.807, 2.05) is 0 Å². The molecule has 0 aromatic rings. The molecule has 0 amide bonds. The van der Waals surface area contributed by atoms with Crippen LogP contribution in [0.4, 0.5) is 0 Å². The molecule has 0 radical (unpaired) electrons. The van der Waals surface area contributed by atoms with Crippen LogP contribution < -0.4 is 0 Å². The van der Waals surface area contributed by atoms with Crippen molar-refractivity contribution in [3.8, 4) is 0 Å². The summed E-state index contributed by atoms with van der Waals surface area (Å²) in [5.41, 5.74) is 0. The number of rotatable bonds is 1. The first-order chi connectivity index (χ1) is 3.83. The number of nitrogens with zero attached hydrogens (tertiary/aromatic N) is 1. The summed E-state index contributed by atoms with van der Waals surface area (Å²) in [5.74, 6) is 0. The van der Waals surface area contributed by atoms with Crippen molar-refractivity contribution in [3.05, 3.63) is 0 Å². The van der Waals surface area contributed by atoms with Crippen LogP contribution in [0.1, 0.15) is 6.42 Å². The zero-order chi connectivity index (χ0) is 5.98. The van der Waals surface area contributed by atoms with Gasteiger partial charge in [0.25, 0.3) is 0 Å². The van der Waals surface area contributed by atoms with Crippen molar-refractivity contribution in [1.82, 2.24) is 4.90 Å². The van der Waals surface area contributed by atoms with Gasteiger partial charge in [-0.15, -0.1) is 0 Å². The molecule has 0 spiro atoms. The minimum atomic E-state index is 0. The van der Waals surface area contributed by atoms with E-state index in [2.05, 4.69) is 11.9 Å². The van der Waals surface area contributed by atoms with Crippen LogP contribution in [0.25, 0.3) is 0 Å². The van der Waals surface area contributed by atoms with Gasteiger partial charge in [-0.1, -0.05) is 0 Å². The molecule has 56 valence electrons. The van der Waals surface area contributed by atoms with Crippen LogP contribution in [-0.4, -0.2) is 38.3 Å². The van der Waals surface area contributed by atoms with Gasteiger partial charge in [0.05, 0.1) is 6.10 Å². The molecule has 2 nitrogen and oxygen atoms in total. The monoisotopic (exact) mass is 149 g/mol. The summed E-state index contributed by atoms with van der Waals surface area (Å²) in [5, 5.41) is 0. The van der Waals surface area contributed by atoms with E-state index in [0.29, 0.717) is 6.10 Å². The first kappa shape index (κ1) is 9.27. The van der Waals surface area contributed by atoms with Gasteiger partial charge in [-0.2, -0.15) is 13.5 Å². The van der Waals surface area contributed by atoms with Crippen LogP contribution in [0.5, 0.6) is 0 Å². The molecule has 1 fully saturated rings.